The Morgan fingerprint density at radius 3 is 2.48 bits per heavy atom. The molecule has 0 bridgehead atoms. The van der Waals surface area contributed by atoms with Gasteiger partial charge in [0.25, 0.3) is 5.69 Å². The molecule has 1 N–H and O–H groups in total. The van der Waals surface area contributed by atoms with Crippen molar-refractivity contribution in [2.24, 2.45) is 0 Å². The van der Waals surface area contributed by atoms with Gasteiger partial charge in [-0.15, -0.1) is 0 Å². The van der Waals surface area contributed by atoms with Gasteiger partial charge in [0.05, 0.1) is 11.3 Å². The maximum atomic E-state index is 11.9. The SMILES string of the molecule is O=C(Cc1ccccc1[N+](=O)[O-])NCc1ccc(Br)cc1. The van der Waals surface area contributed by atoms with E-state index in [1.165, 1.54) is 6.07 Å². The molecule has 108 valence electrons. The lowest BCUT2D eigenvalue weighted by atomic mass is 10.1. The van der Waals surface area contributed by atoms with Crippen LogP contribution in [-0.4, -0.2) is 10.8 Å². The molecule has 0 aliphatic heterocycles. The van der Waals surface area contributed by atoms with E-state index in [0.29, 0.717) is 12.1 Å². The number of nitro benzene ring substituents is 1. The van der Waals surface area contributed by atoms with Gasteiger partial charge in [0.1, 0.15) is 0 Å². The molecular formula is C15H13BrN2O3. The summed E-state index contributed by atoms with van der Waals surface area (Å²) in [6, 6.07) is 13.8. The van der Waals surface area contributed by atoms with Crippen molar-refractivity contribution >= 4 is 27.5 Å². The monoisotopic (exact) mass is 348 g/mol. The van der Waals surface area contributed by atoms with E-state index in [1.54, 1.807) is 18.2 Å². The van der Waals surface area contributed by atoms with Crippen molar-refractivity contribution in [3.05, 3.63) is 74.2 Å². The highest BCUT2D eigenvalue weighted by Gasteiger charge is 2.15. The van der Waals surface area contributed by atoms with Crippen molar-refractivity contribution in [3.63, 3.8) is 0 Å². The van der Waals surface area contributed by atoms with Gasteiger partial charge in [-0.1, -0.05) is 46.3 Å². The van der Waals surface area contributed by atoms with Gasteiger partial charge in [-0.2, -0.15) is 0 Å². The first kappa shape index (κ1) is 15.2. The van der Waals surface area contributed by atoms with Crippen LogP contribution in [0.2, 0.25) is 0 Å². The minimum atomic E-state index is -0.475. The molecule has 0 fully saturated rings. The summed E-state index contributed by atoms with van der Waals surface area (Å²) >= 11 is 3.34. The van der Waals surface area contributed by atoms with Gasteiger partial charge >= 0.3 is 0 Å². The van der Waals surface area contributed by atoms with Crippen LogP contribution in [0.4, 0.5) is 5.69 Å². The van der Waals surface area contributed by atoms with Crippen LogP contribution in [0.25, 0.3) is 0 Å². The molecule has 0 atom stereocenters. The largest absolute Gasteiger partial charge is 0.352 e. The smallest absolute Gasteiger partial charge is 0.273 e. The summed E-state index contributed by atoms with van der Waals surface area (Å²) in [5, 5.41) is 13.6. The van der Waals surface area contributed by atoms with Crippen LogP contribution in [0.1, 0.15) is 11.1 Å². The van der Waals surface area contributed by atoms with E-state index in [9.17, 15) is 14.9 Å². The van der Waals surface area contributed by atoms with Crippen molar-refractivity contribution in [3.8, 4) is 0 Å². The lowest BCUT2D eigenvalue weighted by Gasteiger charge is -2.06. The van der Waals surface area contributed by atoms with E-state index >= 15 is 0 Å². The number of hydrogen-bond acceptors (Lipinski definition) is 3. The second-order valence-electron chi connectivity index (χ2n) is 4.47. The third kappa shape index (κ3) is 4.39. The van der Waals surface area contributed by atoms with E-state index in [4.69, 9.17) is 0 Å². The van der Waals surface area contributed by atoms with Gasteiger partial charge in [0.2, 0.25) is 5.91 Å². The molecule has 0 heterocycles. The molecule has 2 aromatic carbocycles. The first-order valence-corrected chi connectivity index (χ1v) is 7.09. The molecule has 5 nitrogen and oxygen atoms in total. The molecule has 2 aromatic rings. The van der Waals surface area contributed by atoms with Crippen LogP contribution in [0.15, 0.2) is 53.0 Å². The molecule has 0 saturated heterocycles. The molecule has 1 amide bonds. The van der Waals surface area contributed by atoms with E-state index in [2.05, 4.69) is 21.2 Å². The fourth-order valence-corrected chi connectivity index (χ4v) is 2.14. The van der Waals surface area contributed by atoms with Gasteiger partial charge in [-0.3, -0.25) is 14.9 Å². The summed E-state index contributed by atoms with van der Waals surface area (Å²) in [5.41, 5.74) is 1.35. The highest BCUT2D eigenvalue weighted by Crippen LogP contribution is 2.18. The summed E-state index contributed by atoms with van der Waals surface area (Å²) in [5.74, 6) is -0.243. The van der Waals surface area contributed by atoms with E-state index < -0.39 is 4.92 Å². The van der Waals surface area contributed by atoms with Crippen LogP contribution in [0.3, 0.4) is 0 Å². The number of carbonyl (C=O) groups is 1. The third-order valence-corrected chi connectivity index (χ3v) is 3.47. The second kappa shape index (κ2) is 6.99. The summed E-state index contributed by atoms with van der Waals surface area (Å²) in [4.78, 5) is 22.3. The minimum Gasteiger partial charge on any atom is -0.352 e. The average Bonchev–Trinajstić information content (AvgIpc) is 2.47. The zero-order valence-corrected chi connectivity index (χ0v) is 12.7. The number of nitrogens with one attached hydrogen (secondary N) is 1. The molecular weight excluding hydrogens is 336 g/mol. The molecule has 0 saturated carbocycles. The molecule has 2 rings (SSSR count). The number of nitro groups is 1. The van der Waals surface area contributed by atoms with E-state index in [-0.39, 0.29) is 18.0 Å². The number of halogens is 1. The second-order valence-corrected chi connectivity index (χ2v) is 5.38. The predicted octanol–water partition coefficient (Wildman–Crippen LogP) is 3.22. The Morgan fingerprint density at radius 1 is 1.14 bits per heavy atom. The van der Waals surface area contributed by atoms with Crippen molar-refractivity contribution in [1.29, 1.82) is 0 Å². The fourth-order valence-electron chi connectivity index (χ4n) is 1.88. The van der Waals surface area contributed by atoms with Crippen LogP contribution < -0.4 is 5.32 Å². The van der Waals surface area contributed by atoms with Crippen molar-refractivity contribution in [2.75, 3.05) is 0 Å². The summed E-state index contributed by atoms with van der Waals surface area (Å²) < 4.78 is 0.970. The maximum absolute atomic E-state index is 11.9. The quantitative estimate of drug-likeness (QED) is 0.665. The lowest BCUT2D eigenvalue weighted by molar-refractivity contribution is -0.385. The Morgan fingerprint density at radius 2 is 1.81 bits per heavy atom. The molecule has 0 aromatic heterocycles. The van der Waals surface area contributed by atoms with Gasteiger partial charge in [0.15, 0.2) is 0 Å². The van der Waals surface area contributed by atoms with Crippen LogP contribution in [0.5, 0.6) is 0 Å². The molecule has 0 radical (unpaired) electrons. The lowest BCUT2D eigenvalue weighted by Crippen LogP contribution is -2.24. The van der Waals surface area contributed by atoms with Gasteiger partial charge in [-0.05, 0) is 17.7 Å². The summed E-state index contributed by atoms with van der Waals surface area (Å²) in [7, 11) is 0. The Labute approximate surface area is 130 Å². The summed E-state index contributed by atoms with van der Waals surface area (Å²) in [6.45, 7) is 0.396. The number of hydrogen-bond donors (Lipinski definition) is 1. The number of para-hydroxylation sites is 1. The van der Waals surface area contributed by atoms with Gasteiger partial charge < -0.3 is 5.32 Å². The molecule has 0 aliphatic rings. The van der Waals surface area contributed by atoms with Gasteiger partial charge in [-0.25, -0.2) is 0 Å². The van der Waals surface area contributed by atoms with Crippen molar-refractivity contribution < 1.29 is 9.72 Å². The number of rotatable bonds is 5. The van der Waals surface area contributed by atoms with E-state index in [1.807, 2.05) is 24.3 Å². The Bertz CT molecular complexity index is 656. The third-order valence-electron chi connectivity index (χ3n) is 2.94. The number of carbonyl (C=O) groups excluding carboxylic acids is 1. The molecule has 0 aliphatic carbocycles. The topological polar surface area (TPSA) is 72.2 Å². The first-order chi connectivity index (χ1) is 10.1. The highest BCUT2D eigenvalue weighted by molar-refractivity contribution is 9.10. The molecule has 0 unspecified atom stereocenters. The number of nitrogens with zero attached hydrogens (tertiary/aromatic N) is 1. The minimum absolute atomic E-state index is 0.00627. The Kier molecular flexibility index (Phi) is 5.05. The maximum Gasteiger partial charge on any atom is 0.273 e. The van der Waals surface area contributed by atoms with Crippen LogP contribution >= 0.6 is 15.9 Å². The van der Waals surface area contributed by atoms with Crippen molar-refractivity contribution in [2.45, 2.75) is 13.0 Å². The van der Waals surface area contributed by atoms with Crippen molar-refractivity contribution in [1.82, 2.24) is 5.32 Å². The van der Waals surface area contributed by atoms with E-state index in [0.717, 1.165) is 10.0 Å². The first-order valence-electron chi connectivity index (χ1n) is 6.29. The molecule has 6 heteroatoms. The molecule has 21 heavy (non-hydrogen) atoms. The highest BCUT2D eigenvalue weighted by atomic mass is 79.9. The fraction of sp³-hybridized carbons (Fsp3) is 0.133. The van der Waals surface area contributed by atoms with Crippen LogP contribution in [-0.2, 0) is 17.8 Å². The summed E-state index contributed by atoms with van der Waals surface area (Å²) in [6.07, 6.45) is -0.00627. The molecule has 0 spiro atoms. The average molecular weight is 349 g/mol. The van der Waals surface area contributed by atoms with Crippen LogP contribution in [0, 0.1) is 10.1 Å². The number of amides is 1. The Hall–Kier alpha value is -2.21. The Balaban J connectivity index is 1.96. The number of benzene rings is 2. The normalized spacial score (nSPS) is 10.1. The standard InChI is InChI=1S/C15H13BrN2O3/c16-13-7-5-11(6-8-13)10-17-15(19)9-12-3-1-2-4-14(12)18(20)21/h1-8H,9-10H2,(H,17,19). The predicted molar refractivity (Wildman–Crippen MR) is 82.8 cm³/mol. The van der Waals surface area contributed by atoms with Gasteiger partial charge in [0, 0.05) is 22.6 Å². The zero-order valence-electron chi connectivity index (χ0n) is 11.1. The zero-order chi connectivity index (χ0) is 15.2.